The average Bonchev–Trinajstić information content (AvgIpc) is 3.13. The Labute approximate surface area is 146 Å². The molecule has 1 saturated heterocycles. The normalized spacial score (nSPS) is 29.0. The minimum Gasteiger partial charge on any atom is -0.354 e. The number of aliphatic imine (C=N–C) groups is 1. The molecule has 3 rings (SSSR count). The Bertz CT molecular complexity index is 468. The summed E-state index contributed by atoms with van der Waals surface area (Å²) in [4.78, 5) is 20.7. The molecule has 0 aromatic rings. The fourth-order valence-corrected chi connectivity index (χ4v) is 3.95. The van der Waals surface area contributed by atoms with Gasteiger partial charge in [0.25, 0.3) is 0 Å². The molecule has 2 saturated carbocycles. The number of guanidine groups is 1. The van der Waals surface area contributed by atoms with Crippen molar-refractivity contribution in [1.82, 2.24) is 20.4 Å². The number of rotatable bonds is 5. The van der Waals surface area contributed by atoms with Crippen molar-refractivity contribution in [3.8, 4) is 0 Å². The molecule has 1 heterocycles. The predicted molar refractivity (Wildman–Crippen MR) is 97.1 cm³/mol. The molecule has 136 valence electrons. The highest BCUT2D eigenvalue weighted by atomic mass is 16.2. The second-order valence-corrected chi connectivity index (χ2v) is 7.93. The number of hydrogen-bond acceptors (Lipinski definition) is 3. The number of carbonyl (C=O) groups is 1. The van der Waals surface area contributed by atoms with Gasteiger partial charge in [-0.25, -0.2) is 4.99 Å². The van der Waals surface area contributed by atoms with Crippen molar-refractivity contribution >= 4 is 11.9 Å². The van der Waals surface area contributed by atoms with Gasteiger partial charge < -0.3 is 15.5 Å². The van der Waals surface area contributed by atoms with E-state index >= 15 is 0 Å². The molecule has 0 radical (unpaired) electrons. The summed E-state index contributed by atoms with van der Waals surface area (Å²) < 4.78 is 0. The van der Waals surface area contributed by atoms with Crippen LogP contribution in [0.15, 0.2) is 4.99 Å². The zero-order chi connectivity index (χ0) is 17.1. The quantitative estimate of drug-likeness (QED) is 0.585. The van der Waals surface area contributed by atoms with E-state index in [0.29, 0.717) is 18.1 Å². The minimum atomic E-state index is 0.0434. The Kier molecular flexibility index (Phi) is 5.64. The highest BCUT2D eigenvalue weighted by Crippen LogP contribution is 2.33. The maximum atomic E-state index is 11.9. The maximum absolute atomic E-state index is 11.9. The summed E-state index contributed by atoms with van der Waals surface area (Å²) in [6.07, 6.45) is 8.86. The van der Waals surface area contributed by atoms with Crippen molar-refractivity contribution in [2.24, 2.45) is 4.99 Å². The van der Waals surface area contributed by atoms with Crippen LogP contribution >= 0.6 is 0 Å². The fourth-order valence-electron chi connectivity index (χ4n) is 3.95. The average molecular weight is 335 g/mol. The molecule has 0 bridgehead atoms. The molecule has 1 aliphatic heterocycles. The summed E-state index contributed by atoms with van der Waals surface area (Å²) in [5, 5.41) is 7.17. The Morgan fingerprint density at radius 1 is 1.12 bits per heavy atom. The van der Waals surface area contributed by atoms with Crippen molar-refractivity contribution in [1.29, 1.82) is 0 Å². The van der Waals surface area contributed by atoms with E-state index in [2.05, 4.69) is 27.4 Å². The zero-order valence-electron chi connectivity index (χ0n) is 15.4. The number of amides is 1. The number of nitrogens with zero attached hydrogens (tertiary/aromatic N) is 3. The maximum Gasteiger partial charge on any atom is 0.243 e. The lowest BCUT2D eigenvalue weighted by Gasteiger charge is -2.22. The van der Waals surface area contributed by atoms with Crippen molar-refractivity contribution in [2.75, 3.05) is 27.2 Å². The highest BCUT2D eigenvalue weighted by Gasteiger charge is 2.39. The summed E-state index contributed by atoms with van der Waals surface area (Å²) in [5.74, 6) is 0.869. The van der Waals surface area contributed by atoms with E-state index in [4.69, 9.17) is 0 Å². The van der Waals surface area contributed by atoms with Crippen molar-refractivity contribution < 1.29 is 4.79 Å². The molecule has 2 aliphatic carbocycles. The van der Waals surface area contributed by atoms with Crippen LogP contribution in [0, 0.1) is 0 Å². The predicted octanol–water partition coefficient (Wildman–Crippen LogP) is 1.18. The van der Waals surface area contributed by atoms with Crippen molar-refractivity contribution in [3.05, 3.63) is 0 Å². The lowest BCUT2D eigenvalue weighted by molar-refractivity contribution is -0.127. The van der Waals surface area contributed by atoms with Gasteiger partial charge in [-0.3, -0.25) is 9.69 Å². The molecule has 0 spiro atoms. The van der Waals surface area contributed by atoms with E-state index < -0.39 is 0 Å². The first kappa shape index (κ1) is 17.5. The van der Waals surface area contributed by atoms with E-state index in [0.717, 1.165) is 25.0 Å². The second-order valence-electron chi connectivity index (χ2n) is 7.93. The largest absolute Gasteiger partial charge is 0.354 e. The van der Waals surface area contributed by atoms with Gasteiger partial charge in [0.1, 0.15) is 6.54 Å². The molecule has 0 aromatic carbocycles. The molecule has 6 nitrogen and oxygen atoms in total. The van der Waals surface area contributed by atoms with Crippen LogP contribution in [0.1, 0.15) is 51.9 Å². The Morgan fingerprint density at radius 3 is 2.42 bits per heavy atom. The number of carbonyl (C=O) groups excluding carboxylic acids is 1. The van der Waals surface area contributed by atoms with Crippen LogP contribution in [0.4, 0.5) is 0 Å². The van der Waals surface area contributed by atoms with Crippen LogP contribution in [0.25, 0.3) is 0 Å². The van der Waals surface area contributed by atoms with Gasteiger partial charge in [0.15, 0.2) is 5.96 Å². The molecule has 3 aliphatic rings. The van der Waals surface area contributed by atoms with Crippen LogP contribution in [0.2, 0.25) is 0 Å². The number of nitrogens with one attached hydrogen (secondary N) is 2. The van der Waals surface area contributed by atoms with Crippen molar-refractivity contribution in [2.45, 2.75) is 76.0 Å². The zero-order valence-corrected chi connectivity index (χ0v) is 15.4. The summed E-state index contributed by atoms with van der Waals surface area (Å²) in [6.45, 7) is 3.64. The molecule has 24 heavy (non-hydrogen) atoms. The minimum absolute atomic E-state index is 0.0434. The molecule has 1 amide bonds. The van der Waals surface area contributed by atoms with E-state index in [1.165, 1.54) is 38.5 Å². The van der Waals surface area contributed by atoms with Crippen molar-refractivity contribution in [3.63, 3.8) is 0 Å². The Hall–Kier alpha value is -1.30. The highest BCUT2D eigenvalue weighted by molar-refractivity contribution is 5.85. The van der Waals surface area contributed by atoms with E-state index in [1.807, 2.05) is 0 Å². The fraction of sp³-hybridized carbons (Fsp3) is 0.889. The van der Waals surface area contributed by atoms with Gasteiger partial charge in [-0.05, 0) is 39.0 Å². The lowest BCUT2D eigenvalue weighted by Crippen LogP contribution is -2.48. The van der Waals surface area contributed by atoms with Gasteiger partial charge in [0.2, 0.25) is 5.91 Å². The third-order valence-corrected chi connectivity index (χ3v) is 5.55. The molecule has 0 aromatic heterocycles. The summed E-state index contributed by atoms with van der Waals surface area (Å²) >= 11 is 0. The van der Waals surface area contributed by atoms with Gasteiger partial charge in [0.05, 0.1) is 0 Å². The molecule has 2 atom stereocenters. The third-order valence-electron chi connectivity index (χ3n) is 5.55. The van der Waals surface area contributed by atoms with Crippen LogP contribution in [-0.2, 0) is 4.79 Å². The van der Waals surface area contributed by atoms with Crippen LogP contribution < -0.4 is 10.6 Å². The van der Waals surface area contributed by atoms with Gasteiger partial charge in [-0.15, -0.1) is 0 Å². The molecular formula is C18H33N5O. The number of likely N-dealkylation sites (tertiary alicyclic amines) is 1. The van der Waals surface area contributed by atoms with Gasteiger partial charge in [-0.1, -0.05) is 12.8 Å². The van der Waals surface area contributed by atoms with Crippen LogP contribution in [0.5, 0.6) is 0 Å². The monoisotopic (exact) mass is 335 g/mol. The van der Waals surface area contributed by atoms with Gasteiger partial charge >= 0.3 is 0 Å². The third kappa shape index (κ3) is 4.62. The molecule has 3 fully saturated rings. The van der Waals surface area contributed by atoms with E-state index in [9.17, 15) is 4.79 Å². The number of likely N-dealkylation sites (N-methyl/N-ethyl adjacent to an activating group) is 1. The molecule has 6 heteroatoms. The lowest BCUT2D eigenvalue weighted by atomic mass is 10.2. The topological polar surface area (TPSA) is 60.0 Å². The van der Waals surface area contributed by atoms with E-state index in [-0.39, 0.29) is 12.5 Å². The Morgan fingerprint density at radius 2 is 1.79 bits per heavy atom. The standard InChI is InChI=1S/C18H33N5O/c1-13-10-15(12-23(13)16-8-9-16)21-18(19-11-17(24)22(2)3)20-14-6-4-5-7-14/h13-16H,4-12H2,1-3H3,(H2,19,20,21). The molecule has 2 unspecified atom stereocenters. The summed E-state index contributed by atoms with van der Waals surface area (Å²) in [7, 11) is 3.56. The SMILES string of the molecule is CC1CC(NC(=NCC(=O)N(C)C)NC2CCCC2)CN1C1CC1. The van der Waals surface area contributed by atoms with E-state index in [1.54, 1.807) is 19.0 Å². The first-order valence-corrected chi connectivity index (χ1v) is 9.56. The molecule has 2 N–H and O–H groups in total. The van der Waals surface area contributed by atoms with Gasteiger partial charge in [-0.2, -0.15) is 0 Å². The van der Waals surface area contributed by atoms with Crippen LogP contribution in [-0.4, -0.2) is 73.0 Å². The smallest absolute Gasteiger partial charge is 0.243 e. The van der Waals surface area contributed by atoms with Gasteiger partial charge in [0, 0.05) is 44.8 Å². The number of hydrogen-bond donors (Lipinski definition) is 2. The summed E-state index contributed by atoms with van der Waals surface area (Å²) in [5.41, 5.74) is 0. The first-order chi connectivity index (χ1) is 11.5. The Balaban J connectivity index is 1.58. The second kappa shape index (κ2) is 7.72. The molecular weight excluding hydrogens is 302 g/mol. The summed E-state index contributed by atoms with van der Waals surface area (Å²) in [6, 6.07) is 2.39. The first-order valence-electron chi connectivity index (χ1n) is 9.56. The van der Waals surface area contributed by atoms with Crippen LogP contribution in [0.3, 0.4) is 0 Å².